The zero-order valence-corrected chi connectivity index (χ0v) is 17.8. The monoisotopic (exact) mass is 390 g/mol. The van der Waals surface area contributed by atoms with Crippen molar-refractivity contribution < 1.29 is 4.79 Å². The van der Waals surface area contributed by atoms with Gasteiger partial charge in [0.25, 0.3) is 0 Å². The molecule has 2 heterocycles. The predicted octanol–water partition coefficient (Wildman–Crippen LogP) is 4.59. The number of rotatable bonds is 6. The molecule has 3 nitrogen and oxygen atoms in total. The molecule has 2 aliphatic rings. The molecule has 154 valence electrons. The summed E-state index contributed by atoms with van der Waals surface area (Å²) in [5.41, 5.74) is 5.14. The summed E-state index contributed by atoms with van der Waals surface area (Å²) in [4.78, 5) is 17.7. The molecule has 0 spiro atoms. The SMILES string of the molecule is CN1CCc2ccc(C(=O)CCC3CCN(Cc4ccccc4)CC3)cc2CC1. The molecule has 0 unspecified atom stereocenters. The first-order chi connectivity index (χ1) is 14.2. The molecular formula is C26H34N2O. The van der Waals surface area contributed by atoms with Gasteiger partial charge >= 0.3 is 0 Å². The Hall–Kier alpha value is -1.97. The molecule has 0 amide bonds. The molecule has 29 heavy (non-hydrogen) atoms. The van der Waals surface area contributed by atoms with Gasteiger partial charge in [-0.2, -0.15) is 0 Å². The van der Waals surface area contributed by atoms with E-state index in [1.165, 1.54) is 29.5 Å². The number of hydrogen-bond acceptors (Lipinski definition) is 3. The molecule has 2 aliphatic heterocycles. The Balaban J connectivity index is 1.24. The lowest BCUT2D eigenvalue weighted by atomic mass is 9.89. The lowest BCUT2D eigenvalue weighted by Gasteiger charge is -2.32. The van der Waals surface area contributed by atoms with Gasteiger partial charge in [0.1, 0.15) is 0 Å². The van der Waals surface area contributed by atoms with Gasteiger partial charge in [0.05, 0.1) is 0 Å². The summed E-state index contributed by atoms with van der Waals surface area (Å²) in [7, 11) is 2.18. The van der Waals surface area contributed by atoms with Crippen molar-refractivity contribution in [1.29, 1.82) is 0 Å². The topological polar surface area (TPSA) is 23.6 Å². The molecule has 0 aliphatic carbocycles. The Morgan fingerprint density at radius 2 is 1.66 bits per heavy atom. The minimum Gasteiger partial charge on any atom is -0.306 e. The summed E-state index contributed by atoms with van der Waals surface area (Å²) in [6.07, 6.45) is 6.34. The summed E-state index contributed by atoms with van der Waals surface area (Å²) in [6, 6.07) is 17.2. The average molecular weight is 391 g/mol. The lowest BCUT2D eigenvalue weighted by Crippen LogP contribution is -2.33. The van der Waals surface area contributed by atoms with Crippen molar-refractivity contribution in [2.24, 2.45) is 5.92 Å². The highest BCUT2D eigenvalue weighted by molar-refractivity contribution is 5.96. The Kier molecular flexibility index (Phi) is 6.78. The lowest BCUT2D eigenvalue weighted by molar-refractivity contribution is 0.0961. The van der Waals surface area contributed by atoms with Gasteiger partial charge in [0.15, 0.2) is 5.78 Å². The van der Waals surface area contributed by atoms with E-state index in [1.807, 2.05) is 0 Å². The van der Waals surface area contributed by atoms with Crippen LogP contribution in [0.15, 0.2) is 48.5 Å². The zero-order chi connectivity index (χ0) is 20.1. The standard InChI is InChI=1S/C26H34N2O/c1-27-15-13-23-8-9-25(19-24(23)14-16-27)26(29)10-7-21-11-17-28(18-12-21)20-22-5-3-2-4-6-22/h2-6,8-9,19,21H,7,10-18,20H2,1H3. The van der Waals surface area contributed by atoms with Crippen molar-refractivity contribution >= 4 is 5.78 Å². The molecule has 1 fully saturated rings. The van der Waals surface area contributed by atoms with E-state index in [0.29, 0.717) is 18.1 Å². The van der Waals surface area contributed by atoms with E-state index in [2.05, 4.69) is 65.4 Å². The van der Waals surface area contributed by atoms with E-state index in [1.54, 1.807) is 0 Å². The molecule has 3 heteroatoms. The van der Waals surface area contributed by atoms with Crippen molar-refractivity contribution in [1.82, 2.24) is 9.80 Å². The Morgan fingerprint density at radius 1 is 0.931 bits per heavy atom. The second-order valence-corrected chi connectivity index (χ2v) is 8.95. The first-order valence-electron chi connectivity index (χ1n) is 11.3. The molecule has 2 aromatic carbocycles. The number of piperidine rings is 1. The van der Waals surface area contributed by atoms with E-state index < -0.39 is 0 Å². The second-order valence-electron chi connectivity index (χ2n) is 8.95. The van der Waals surface area contributed by atoms with E-state index in [9.17, 15) is 4.79 Å². The van der Waals surface area contributed by atoms with Gasteiger partial charge < -0.3 is 4.90 Å². The van der Waals surface area contributed by atoms with Crippen LogP contribution in [0.5, 0.6) is 0 Å². The van der Waals surface area contributed by atoms with Crippen molar-refractivity contribution in [3.63, 3.8) is 0 Å². The molecular weight excluding hydrogens is 356 g/mol. The number of benzene rings is 2. The third-order valence-corrected chi connectivity index (χ3v) is 6.79. The molecule has 4 rings (SSSR count). The number of ketones is 1. The van der Waals surface area contributed by atoms with Gasteiger partial charge in [0.2, 0.25) is 0 Å². The maximum atomic E-state index is 12.8. The van der Waals surface area contributed by atoms with Gasteiger partial charge in [-0.3, -0.25) is 9.69 Å². The van der Waals surface area contributed by atoms with Crippen molar-refractivity contribution in [2.75, 3.05) is 33.2 Å². The van der Waals surface area contributed by atoms with E-state index >= 15 is 0 Å². The number of Topliss-reactive ketones (excluding diaryl/α,β-unsaturated/α-hetero) is 1. The van der Waals surface area contributed by atoms with Crippen LogP contribution in [-0.2, 0) is 19.4 Å². The molecule has 0 N–H and O–H groups in total. The maximum Gasteiger partial charge on any atom is 0.162 e. The van der Waals surface area contributed by atoms with Gasteiger partial charge in [-0.05, 0) is 80.9 Å². The van der Waals surface area contributed by atoms with Crippen molar-refractivity contribution in [3.8, 4) is 0 Å². The van der Waals surface area contributed by atoms with Crippen LogP contribution in [0.2, 0.25) is 0 Å². The first-order valence-corrected chi connectivity index (χ1v) is 11.3. The number of likely N-dealkylation sites (N-methyl/N-ethyl adjacent to an activating group) is 1. The fourth-order valence-corrected chi connectivity index (χ4v) is 4.76. The van der Waals surface area contributed by atoms with E-state index in [0.717, 1.165) is 57.5 Å². The Bertz CT molecular complexity index is 809. The third-order valence-electron chi connectivity index (χ3n) is 6.79. The number of hydrogen-bond donors (Lipinski definition) is 0. The highest BCUT2D eigenvalue weighted by Crippen LogP contribution is 2.25. The summed E-state index contributed by atoms with van der Waals surface area (Å²) in [5, 5.41) is 0. The number of likely N-dealkylation sites (tertiary alicyclic amines) is 1. The first kappa shape index (κ1) is 20.3. The Morgan fingerprint density at radius 3 is 2.41 bits per heavy atom. The van der Waals surface area contributed by atoms with Crippen LogP contribution in [0.3, 0.4) is 0 Å². The van der Waals surface area contributed by atoms with Gasteiger partial charge in [-0.25, -0.2) is 0 Å². The van der Waals surface area contributed by atoms with Crippen LogP contribution < -0.4 is 0 Å². The van der Waals surface area contributed by atoms with Gasteiger partial charge in [0, 0.05) is 31.6 Å². The highest BCUT2D eigenvalue weighted by Gasteiger charge is 2.21. The zero-order valence-electron chi connectivity index (χ0n) is 17.8. The molecule has 0 radical (unpaired) electrons. The van der Waals surface area contributed by atoms with E-state index in [-0.39, 0.29) is 0 Å². The maximum absolute atomic E-state index is 12.8. The number of carbonyl (C=O) groups is 1. The average Bonchev–Trinajstić information content (AvgIpc) is 2.95. The summed E-state index contributed by atoms with van der Waals surface area (Å²) in [6.45, 7) is 5.56. The van der Waals surface area contributed by atoms with Crippen LogP contribution in [0.1, 0.15) is 52.7 Å². The summed E-state index contributed by atoms with van der Waals surface area (Å²) in [5.74, 6) is 1.03. The molecule has 0 bridgehead atoms. The molecule has 0 aromatic heterocycles. The van der Waals surface area contributed by atoms with Crippen LogP contribution in [-0.4, -0.2) is 48.8 Å². The number of fused-ring (bicyclic) bond motifs is 1. The Labute approximate surface area is 175 Å². The highest BCUT2D eigenvalue weighted by atomic mass is 16.1. The van der Waals surface area contributed by atoms with Crippen molar-refractivity contribution in [2.45, 2.75) is 45.1 Å². The molecule has 0 atom stereocenters. The van der Waals surface area contributed by atoms with Crippen LogP contribution in [0.25, 0.3) is 0 Å². The van der Waals surface area contributed by atoms with Crippen molar-refractivity contribution in [3.05, 3.63) is 70.8 Å². The van der Waals surface area contributed by atoms with Gasteiger partial charge in [-0.1, -0.05) is 42.5 Å². The minimum absolute atomic E-state index is 0.331. The molecule has 2 aromatic rings. The van der Waals surface area contributed by atoms with Crippen LogP contribution in [0, 0.1) is 5.92 Å². The van der Waals surface area contributed by atoms with Crippen LogP contribution >= 0.6 is 0 Å². The fraction of sp³-hybridized carbons (Fsp3) is 0.500. The van der Waals surface area contributed by atoms with E-state index in [4.69, 9.17) is 0 Å². The summed E-state index contributed by atoms with van der Waals surface area (Å²) < 4.78 is 0. The van der Waals surface area contributed by atoms with Crippen LogP contribution in [0.4, 0.5) is 0 Å². The normalized spacial score (nSPS) is 18.9. The quantitative estimate of drug-likeness (QED) is 0.674. The molecule has 0 saturated carbocycles. The summed E-state index contributed by atoms with van der Waals surface area (Å²) >= 11 is 0. The third kappa shape index (κ3) is 5.55. The minimum atomic E-state index is 0.331. The van der Waals surface area contributed by atoms with Gasteiger partial charge in [-0.15, -0.1) is 0 Å². The largest absolute Gasteiger partial charge is 0.306 e. The fourth-order valence-electron chi connectivity index (χ4n) is 4.76. The predicted molar refractivity (Wildman–Crippen MR) is 119 cm³/mol. The smallest absolute Gasteiger partial charge is 0.162 e. The second kappa shape index (κ2) is 9.69. The number of carbonyl (C=O) groups excluding carboxylic acids is 1. The number of nitrogens with zero attached hydrogens (tertiary/aromatic N) is 2. The molecule has 1 saturated heterocycles.